The lowest BCUT2D eigenvalue weighted by atomic mass is 9.81. The van der Waals surface area contributed by atoms with Gasteiger partial charge in [0.15, 0.2) is 11.6 Å². The van der Waals surface area contributed by atoms with Crippen LogP contribution >= 0.6 is 15.9 Å². The van der Waals surface area contributed by atoms with Gasteiger partial charge in [0.25, 0.3) is 5.91 Å². The van der Waals surface area contributed by atoms with Crippen molar-refractivity contribution in [1.82, 2.24) is 5.32 Å². The Labute approximate surface area is 280 Å². The largest absolute Gasteiger partial charge is 0.497 e. The molecule has 0 spiro atoms. The Morgan fingerprint density at radius 2 is 1.77 bits per heavy atom. The fourth-order valence-corrected chi connectivity index (χ4v) is 5.61. The van der Waals surface area contributed by atoms with Crippen molar-refractivity contribution in [3.63, 3.8) is 0 Å². The topological polar surface area (TPSA) is 147 Å². The number of nitrogens with one attached hydrogen (secondary N) is 1. The Balaban J connectivity index is 1.59. The van der Waals surface area contributed by atoms with E-state index in [9.17, 15) is 10.3 Å². The normalized spacial score (nSPS) is 16.8. The van der Waals surface area contributed by atoms with Crippen molar-refractivity contribution in [1.29, 1.82) is 0 Å². The molecule has 1 aliphatic rings. The van der Waals surface area contributed by atoms with Gasteiger partial charge in [-0.25, -0.2) is 4.99 Å². The first kappa shape index (κ1) is 33.3. The molecule has 1 aliphatic heterocycles. The number of halogens is 1. The summed E-state index contributed by atoms with van der Waals surface area (Å²) in [5.41, 5.74) is 10.9. The molecule has 1 amide bonds. The molecule has 0 fully saturated rings. The second-order valence-corrected chi connectivity index (χ2v) is 11.6. The van der Waals surface area contributed by atoms with Gasteiger partial charge in [0, 0.05) is 58.3 Å². The second kappa shape index (κ2) is 15.5. The summed E-state index contributed by atoms with van der Waals surface area (Å²) in [4.78, 5) is 22.7. The molecule has 0 aromatic heterocycles. The van der Waals surface area contributed by atoms with Gasteiger partial charge in [0.05, 0.1) is 20.8 Å². The number of ether oxygens (including phenoxy) is 4. The molecule has 0 saturated carbocycles. The minimum Gasteiger partial charge on any atom is -0.497 e. The number of aliphatic imine (C=N–C) groups is 1. The molecule has 0 bridgehead atoms. The van der Waals surface area contributed by atoms with Crippen LogP contribution in [0.4, 0.5) is 5.69 Å². The number of benzene rings is 4. The summed E-state index contributed by atoms with van der Waals surface area (Å²) in [6.07, 6.45) is -0.257. The van der Waals surface area contributed by atoms with Crippen LogP contribution in [0.3, 0.4) is 0 Å². The Kier molecular flexibility index (Phi) is 11.0. The van der Waals surface area contributed by atoms with Gasteiger partial charge in [0.2, 0.25) is 5.90 Å². The average Bonchev–Trinajstić information content (AvgIpc) is 3.49. The number of amides is 1. The van der Waals surface area contributed by atoms with Crippen molar-refractivity contribution in [3.05, 3.63) is 128 Å². The van der Waals surface area contributed by atoms with E-state index in [2.05, 4.69) is 31.3 Å². The predicted molar refractivity (Wildman–Crippen MR) is 181 cm³/mol. The van der Waals surface area contributed by atoms with E-state index < -0.39 is 17.6 Å². The van der Waals surface area contributed by atoms with Crippen LogP contribution in [0.5, 0.6) is 17.2 Å². The number of nitrogens with zero attached hydrogens (tertiary/aromatic N) is 4. The summed E-state index contributed by atoms with van der Waals surface area (Å²) in [5.74, 6) is 1.70. The standard InChI is InChI=1S/C35H34BrN5O6/c1-44-29-17-12-26(31(20-29)45-2)22-38-34(43)35(21-25-6-3-4-7-30(25)40-41-37)32(23-8-13-27(36)14-9-23)47-33(39-35)24-10-15-28(16-11-24)46-19-5-18-42/h3-4,6-17,20,32,42H,5,18-19,21-22H2,1-2H3,(H,38,43)/t32-,35-/m1/s1. The van der Waals surface area contributed by atoms with Crippen molar-refractivity contribution < 1.29 is 28.8 Å². The zero-order valence-electron chi connectivity index (χ0n) is 25.9. The molecule has 0 aliphatic carbocycles. The predicted octanol–water partition coefficient (Wildman–Crippen LogP) is 6.99. The minimum atomic E-state index is -1.51. The van der Waals surface area contributed by atoms with Crippen molar-refractivity contribution in [2.75, 3.05) is 27.4 Å². The van der Waals surface area contributed by atoms with E-state index in [0.29, 0.717) is 47.1 Å². The van der Waals surface area contributed by atoms with E-state index in [-0.39, 0.29) is 25.5 Å². The highest BCUT2D eigenvalue weighted by Crippen LogP contribution is 2.44. The number of methoxy groups -OCH3 is 2. The molecular weight excluding hydrogens is 666 g/mol. The smallest absolute Gasteiger partial charge is 0.252 e. The molecule has 1 heterocycles. The van der Waals surface area contributed by atoms with Gasteiger partial charge in [-0.15, -0.1) is 0 Å². The first-order chi connectivity index (χ1) is 22.9. The Morgan fingerprint density at radius 1 is 1.02 bits per heavy atom. The summed E-state index contributed by atoms with van der Waals surface area (Å²) in [6, 6.07) is 27.3. The molecule has 4 aromatic carbocycles. The molecule has 47 heavy (non-hydrogen) atoms. The third-order valence-electron chi connectivity index (χ3n) is 7.74. The van der Waals surface area contributed by atoms with E-state index in [1.807, 2.05) is 54.6 Å². The maximum Gasteiger partial charge on any atom is 0.252 e. The summed E-state index contributed by atoms with van der Waals surface area (Å²) in [5, 5.41) is 16.1. The summed E-state index contributed by atoms with van der Waals surface area (Å²) < 4.78 is 24.1. The lowest BCUT2D eigenvalue weighted by Crippen LogP contribution is -2.49. The maximum absolute atomic E-state index is 14.6. The van der Waals surface area contributed by atoms with E-state index in [4.69, 9.17) is 29.0 Å². The fraction of sp³-hybridized carbons (Fsp3) is 0.257. The van der Waals surface area contributed by atoms with E-state index in [0.717, 1.165) is 15.6 Å². The third kappa shape index (κ3) is 7.69. The number of carbonyl (C=O) groups is 1. The van der Waals surface area contributed by atoms with Crippen LogP contribution in [0.1, 0.15) is 34.8 Å². The van der Waals surface area contributed by atoms with Gasteiger partial charge in [0.1, 0.15) is 17.2 Å². The molecule has 0 radical (unpaired) electrons. The second-order valence-electron chi connectivity index (χ2n) is 10.7. The lowest BCUT2D eigenvalue weighted by molar-refractivity contribution is -0.129. The number of hydrogen-bond acceptors (Lipinski definition) is 8. The van der Waals surface area contributed by atoms with Gasteiger partial charge >= 0.3 is 0 Å². The molecular formula is C35H34BrN5O6. The number of carbonyl (C=O) groups excluding carboxylic acids is 1. The Bertz CT molecular complexity index is 1780. The van der Waals surface area contributed by atoms with Crippen molar-refractivity contribution in [2.45, 2.75) is 31.0 Å². The number of aliphatic hydroxyl groups excluding tert-OH is 1. The van der Waals surface area contributed by atoms with Crippen LogP contribution in [0.15, 0.2) is 106 Å². The Morgan fingerprint density at radius 3 is 2.47 bits per heavy atom. The average molecular weight is 701 g/mol. The zero-order chi connectivity index (χ0) is 33.2. The lowest BCUT2D eigenvalue weighted by Gasteiger charge is -2.31. The van der Waals surface area contributed by atoms with E-state index in [1.165, 1.54) is 0 Å². The molecule has 11 nitrogen and oxygen atoms in total. The molecule has 2 atom stereocenters. The summed E-state index contributed by atoms with van der Waals surface area (Å²) >= 11 is 3.50. The van der Waals surface area contributed by atoms with Crippen molar-refractivity contribution in [2.24, 2.45) is 10.1 Å². The maximum atomic E-state index is 14.6. The van der Waals surface area contributed by atoms with Crippen molar-refractivity contribution in [3.8, 4) is 17.2 Å². The zero-order valence-corrected chi connectivity index (χ0v) is 27.5. The molecule has 242 valence electrons. The first-order valence-electron chi connectivity index (χ1n) is 14.9. The first-order valence-corrected chi connectivity index (χ1v) is 15.7. The number of azide groups is 1. The van der Waals surface area contributed by atoms with Gasteiger partial charge < -0.3 is 29.4 Å². The summed E-state index contributed by atoms with van der Waals surface area (Å²) in [7, 11) is 3.13. The molecule has 2 N–H and O–H groups in total. The van der Waals surface area contributed by atoms with Gasteiger partial charge in [-0.1, -0.05) is 57.4 Å². The van der Waals surface area contributed by atoms with Gasteiger partial charge in [-0.05, 0) is 65.2 Å². The van der Waals surface area contributed by atoms with Gasteiger partial charge in [-0.3, -0.25) is 4.79 Å². The van der Waals surface area contributed by atoms with Crippen LogP contribution in [0.2, 0.25) is 0 Å². The minimum absolute atomic E-state index is 0.0401. The number of aliphatic hydroxyl groups is 1. The number of hydrogen-bond donors (Lipinski definition) is 2. The molecule has 5 rings (SSSR count). The van der Waals surface area contributed by atoms with Crippen LogP contribution in [0.25, 0.3) is 10.4 Å². The molecule has 12 heteroatoms. The summed E-state index contributed by atoms with van der Waals surface area (Å²) in [6.45, 7) is 0.563. The fourth-order valence-electron chi connectivity index (χ4n) is 5.34. The highest BCUT2D eigenvalue weighted by molar-refractivity contribution is 9.10. The number of rotatable bonds is 14. The highest BCUT2D eigenvalue weighted by Gasteiger charge is 2.53. The van der Waals surface area contributed by atoms with E-state index in [1.54, 1.807) is 50.6 Å². The van der Waals surface area contributed by atoms with Crippen LogP contribution < -0.4 is 19.5 Å². The Hall–Kier alpha value is -5.03. The SMILES string of the molecule is COc1ccc(CNC(=O)[C@]2(Cc3ccccc3N=[N+]=[N-])N=C(c3ccc(OCCCO)cc3)O[C@@H]2c2ccc(Br)cc2)c(OC)c1. The van der Waals surface area contributed by atoms with E-state index >= 15 is 0 Å². The van der Waals surface area contributed by atoms with Crippen LogP contribution in [0, 0.1) is 0 Å². The van der Waals surface area contributed by atoms with Crippen LogP contribution in [-0.2, 0) is 22.5 Å². The van der Waals surface area contributed by atoms with Gasteiger partial charge in [-0.2, -0.15) is 0 Å². The quantitative estimate of drug-likeness (QED) is 0.0628. The molecule has 4 aromatic rings. The van der Waals surface area contributed by atoms with Crippen molar-refractivity contribution >= 4 is 33.4 Å². The molecule has 0 unspecified atom stereocenters. The van der Waals surface area contributed by atoms with Crippen LogP contribution in [-0.4, -0.2) is 49.9 Å². The molecule has 0 saturated heterocycles. The third-order valence-corrected chi connectivity index (χ3v) is 8.27. The monoisotopic (exact) mass is 699 g/mol. The highest BCUT2D eigenvalue weighted by atomic mass is 79.9.